The number of carbonyl (C=O) groups is 2. The molecule has 0 bridgehead atoms. The first-order valence-corrected chi connectivity index (χ1v) is 9.67. The number of aromatic nitrogens is 2. The fraction of sp³-hybridized carbons (Fsp3) is 0.238. The molecule has 1 aliphatic rings. The number of thiazole rings is 1. The first-order valence-electron chi connectivity index (χ1n) is 8.86. The molecule has 0 aliphatic carbocycles. The summed E-state index contributed by atoms with van der Waals surface area (Å²) in [5.74, 6) is -1.43. The maximum atomic E-state index is 13.1. The number of Topliss-reactive ketones (excluding diaryl/α,β-unsaturated/α-hetero) is 1. The highest BCUT2D eigenvalue weighted by atomic mass is 32.1. The number of anilines is 1. The van der Waals surface area contributed by atoms with Crippen LogP contribution in [-0.2, 0) is 9.59 Å². The Morgan fingerprint density at radius 1 is 1.18 bits per heavy atom. The van der Waals surface area contributed by atoms with Crippen molar-refractivity contribution in [3.63, 3.8) is 0 Å². The van der Waals surface area contributed by atoms with Gasteiger partial charge in [0, 0.05) is 17.8 Å². The standard InChI is InChI=1S/C21H19N3O3S/c1-21(2,3)18(26)15-16(12-7-6-10-22-11-12)24(19(27)17(15)25)20-23-13-8-4-5-9-14(13)28-20/h4-11,16,25H,1-3H3. The predicted octanol–water partition coefficient (Wildman–Crippen LogP) is 4.21. The van der Waals surface area contributed by atoms with Gasteiger partial charge in [-0.2, -0.15) is 0 Å². The van der Waals surface area contributed by atoms with Gasteiger partial charge in [0.05, 0.1) is 21.8 Å². The van der Waals surface area contributed by atoms with Crippen LogP contribution >= 0.6 is 11.3 Å². The lowest BCUT2D eigenvalue weighted by molar-refractivity contribution is -0.123. The Balaban J connectivity index is 1.91. The summed E-state index contributed by atoms with van der Waals surface area (Å²) in [4.78, 5) is 36.2. The van der Waals surface area contributed by atoms with Crippen LogP contribution in [0.4, 0.5) is 5.13 Å². The van der Waals surface area contributed by atoms with Gasteiger partial charge in [0.15, 0.2) is 16.7 Å². The van der Waals surface area contributed by atoms with E-state index >= 15 is 0 Å². The van der Waals surface area contributed by atoms with E-state index in [-0.39, 0.29) is 11.4 Å². The van der Waals surface area contributed by atoms with Crippen LogP contribution in [-0.4, -0.2) is 26.8 Å². The molecular formula is C21H19N3O3S. The minimum absolute atomic E-state index is 0.0877. The van der Waals surface area contributed by atoms with Crippen molar-refractivity contribution in [1.29, 1.82) is 0 Å². The van der Waals surface area contributed by atoms with Gasteiger partial charge in [0.1, 0.15) is 0 Å². The minimum atomic E-state index is -0.770. The molecular weight excluding hydrogens is 374 g/mol. The molecule has 4 rings (SSSR count). The molecule has 1 atom stereocenters. The van der Waals surface area contributed by atoms with E-state index in [0.29, 0.717) is 10.7 Å². The van der Waals surface area contributed by atoms with Crippen LogP contribution in [0.1, 0.15) is 32.4 Å². The molecule has 0 saturated heterocycles. The van der Waals surface area contributed by atoms with Crippen LogP contribution in [0.25, 0.3) is 10.2 Å². The minimum Gasteiger partial charge on any atom is -0.503 e. The van der Waals surface area contributed by atoms with E-state index in [1.165, 1.54) is 16.2 Å². The first-order chi connectivity index (χ1) is 13.3. The number of rotatable bonds is 3. The van der Waals surface area contributed by atoms with Crippen LogP contribution < -0.4 is 4.90 Å². The van der Waals surface area contributed by atoms with Crippen molar-refractivity contribution in [3.8, 4) is 0 Å². The Morgan fingerprint density at radius 2 is 1.93 bits per heavy atom. The second-order valence-electron chi connectivity index (χ2n) is 7.67. The third-order valence-electron chi connectivity index (χ3n) is 4.62. The highest BCUT2D eigenvalue weighted by Gasteiger charge is 2.47. The van der Waals surface area contributed by atoms with E-state index in [1.54, 1.807) is 45.3 Å². The lowest BCUT2D eigenvalue weighted by Gasteiger charge is -2.26. The highest BCUT2D eigenvalue weighted by Crippen LogP contribution is 2.44. The van der Waals surface area contributed by atoms with Crippen molar-refractivity contribution >= 4 is 38.4 Å². The molecule has 0 spiro atoms. The average molecular weight is 393 g/mol. The second-order valence-corrected chi connectivity index (χ2v) is 8.68. The van der Waals surface area contributed by atoms with E-state index in [4.69, 9.17) is 0 Å². The monoisotopic (exact) mass is 393 g/mol. The number of carbonyl (C=O) groups excluding carboxylic acids is 2. The number of aliphatic hydroxyl groups excluding tert-OH is 1. The highest BCUT2D eigenvalue weighted by molar-refractivity contribution is 7.22. The number of hydrogen-bond acceptors (Lipinski definition) is 6. The summed E-state index contributed by atoms with van der Waals surface area (Å²) in [7, 11) is 0. The van der Waals surface area contributed by atoms with Gasteiger partial charge in [-0.3, -0.25) is 19.5 Å². The number of aliphatic hydroxyl groups is 1. The maximum absolute atomic E-state index is 13.1. The number of para-hydroxylation sites is 1. The van der Waals surface area contributed by atoms with E-state index in [0.717, 1.165) is 10.2 Å². The second kappa shape index (κ2) is 6.53. The molecule has 1 aromatic carbocycles. The van der Waals surface area contributed by atoms with Gasteiger partial charge in [-0.05, 0) is 23.8 Å². The molecule has 0 saturated carbocycles. The Bertz CT molecular complexity index is 1080. The fourth-order valence-corrected chi connectivity index (χ4v) is 4.25. The molecule has 6 nitrogen and oxygen atoms in total. The van der Waals surface area contributed by atoms with Crippen molar-refractivity contribution in [2.75, 3.05) is 4.90 Å². The molecule has 28 heavy (non-hydrogen) atoms. The number of pyridine rings is 1. The third kappa shape index (κ3) is 2.88. The Hall–Kier alpha value is -3.06. The third-order valence-corrected chi connectivity index (χ3v) is 5.66. The van der Waals surface area contributed by atoms with Gasteiger partial charge in [-0.15, -0.1) is 0 Å². The van der Waals surface area contributed by atoms with Crippen molar-refractivity contribution in [1.82, 2.24) is 9.97 Å². The molecule has 0 radical (unpaired) electrons. The van der Waals surface area contributed by atoms with Crippen LogP contribution in [0.3, 0.4) is 0 Å². The Kier molecular flexibility index (Phi) is 4.27. The Morgan fingerprint density at radius 3 is 2.57 bits per heavy atom. The SMILES string of the molecule is CC(C)(C)C(=O)C1=C(O)C(=O)N(c2nc3ccccc3s2)C1c1cccnc1. The number of amides is 1. The fourth-order valence-electron chi connectivity index (χ4n) is 3.25. The molecule has 3 aromatic rings. The molecule has 1 N–H and O–H groups in total. The summed E-state index contributed by atoms with van der Waals surface area (Å²) < 4.78 is 0.922. The molecule has 1 amide bonds. The number of ketones is 1. The van der Waals surface area contributed by atoms with Gasteiger partial charge >= 0.3 is 0 Å². The maximum Gasteiger partial charge on any atom is 0.296 e. The summed E-state index contributed by atoms with van der Waals surface area (Å²) in [6.07, 6.45) is 3.23. The molecule has 1 aliphatic heterocycles. The quantitative estimate of drug-likeness (QED) is 0.721. The summed E-state index contributed by atoms with van der Waals surface area (Å²) >= 11 is 1.34. The number of fused-ring (bicyclic) bond motifs is 1. The largest absolute Gasteiger partial charge is 0.503 e. The topological polar surface area (TPSA) is 83.4 Å². The predicted molar refractivity (Wildman–Crippen MR) is 108 cm³/mol. The molecule has 2 aromatic heterocycles. The normalized spacial score (nSPS) is 17.6. The molecule has 1 unspecified atom stereocenters. The van der Waals surface area contributed by atoms with Crippen molar-refractivity contribution in [2.45, 2.75) is 26.8 Å². The van der Waals surface area contributed by atoms with Crippen molar-refractivity contribution in [2.24, 2.45) is 5.41 Å². The van der Waals surface area contributed by atoms with Crippen LogP contribution in [0.15, 0.2) is 60.1 Å². The summed E-state index contributed by atoms with van der Waals surface area (Å²) in [6.45, 7) is 5.29. The summed E-state index contributed by atoms with van der Waals surface area (Å²) in [5.41, 5.74) is 0.736. The van der Waals surface area contributed by atoms with Crippen molar-refractivity contribution in [3.05, 3.63) is 65.7 Å². The summed E-state index contributed by atoms with van der Waals surface area (Å²) in [6, 6.07) is 10.3. The zero-order valence-electron chi connectivity index (χ0n) is 15.7. The smallest absolute Gasteiger partial charge is 0.296 e. The van der Waals surface area contributed by atoms with Crippen LogP contribution in [0.5, 0.6) is 0 Å². The Labute approximate surface area is 166 Å². The molecule has 3 heterocycles. The van der Waals surface area contributed by atoms with Crippen LogP contribution in [0, 0.1) is 5.41 Å². The summed E-state index contributed by atoms with van der Waals surface area (Å²) in [5, 5.41) is 11.1. The number of hydrogen-bond donors (Lipinski definition) is 1. The van der Waals surface area contributed by atoms with Gasteiger partial charge < -0.3 is 5.11 Å². The zero-order chi connectivity index (χ0) is 20.1. The van der Waals surface area contributed by atoms with E-state index < -0.39 is 23.1 Å². The van der Waals surface area contributed by atoms with Gasteiger partial charge in [-0.1, -0.05) is 50.3 Å². The lowest BCUT2D eigenvalue weighted by atomic mass is 9.82. The lowest BCUT2D eigenvalue weighted by Crippen LogP contribution is -2.32. The molecule has 0 fully saturated rings. The zero-order valence-corrected chi connectivity index (χ0v) is 16.5. The molecule has 7 heteroatoms. The molecule has 142 valence electrons. The van der Waals surface area contributed by atoms with Gasteiger partial charge in [0.25, 0.3) is 5.91 Å². The van der Waals surface area contributed by atoms with E-state index in [2.05, 4.69) is 9.97 Å². The average Bonchev–Trinajstić information content (AvgIpc) is 3.20. The van der Waals surface area contributed by atoms with E-state index in [9.17, 15) is 14.7 Å². The number of benzene rings is 1. The van der Waals surface area contributed by atoms with Crippen LogP contribution in [0.2, 0.25) is 0 Å². The van der Waals surface area contributed by atoms with Gasteiger partial charge in [0.2, 0.25) is 0 Å². The number of nitrogens with zero attached hydrogens (tertiary/aromatic N) is 3. The van der Waals surface area contributed by atoms with Gasteiger partial charge in [-0.25, -0.2) is 4.98 Å². The first kappa shape index (κ1) is 18.3. The van der Waals surface area contributed by atoms with E-state index in [1.807, 2.05) is 24.3 Å². The van der Waals surface area contributed by atoms with Crippen molar-refractivity contribution < 1.29 is 14.7 Å².